The van der Waals surface area contributed by atoms with Gasteiger partial charge in [-0.05, 0) is 41.5 Å². The molecular weight excluding hydrogens is 266 g/mol. The zero-order chi connectivity index (χ0) is 14.8. The van der Waals surface area contributed by atoms with Crippen molar-refractivity contribution in [3.05, 3.63) is 59.6 Å². The average Bonchev–Trinajstić information content (AvgIpc) is 2.96. The number of rotatable bonds is 4. The Labute approximate surface area is 123 Å². The van der Waals surface area contributed by atoms with Gasteiger partial charge in [0.05, 0.1) is 13.7 Å². The minimum Gasteiger partial charge on any atom is -0.497 e. The van der Waals surface area contributed by atoms with Crippen LogP contribution in [-0.2, 0) is 6.61 Å². The van der Waals surface area contributed by atoms with Crippen molar-refractivity contribution < 1.29 is 14.3 Å². The highest BCUT2D eigenvalue weighted by Crippen LogP contribution is 2.32. The monoisotopic (exact) mass is 283 g/mol. The van der Waals surface area contributed by atoms with Gasteiger partial charge < -0.3 is 14.3 Å². The van der Waals surface area contributed by atoms with Crippen molar-refractivity contribution in [2.45, 2.75) is 19.4 Å². The molecule has 4 nitrogen and oxygen atoms in total. The van der Waals surface area contributed by atoms with Crippen LogP contribution < -0.4 is 4.74 Å². The molecule has 0 fully saturated rings. The summed E-state index contributed by atoms with van der Waals surface area (Å²) in [4.78, 5) is 4.05. The SMILES string of the molecule is COc1ccc2oc(C(C)c3ccncc3CO)cc2c1. The fourth-order valence-electron chi connectivity index (χ4n) is 2.53. The molecule has 1 aromatic carbocycles. The van der Waals surface area contributed by atoms with E-state index in [0.717, 1.165) is 33.6 Å². The number of hydrogen-bond donors (Lipinski definition) is 1. The minimum atomic E-state index is -0.0262. The Morgan fingerprint density at radius 2 is 2.14 bits per heavy atom. The van der Waals surface area contributed by atoms with E-state index in [4.69, 9.17) is 9.15 Å². The number of aliphatic hydroxyl groups is 1. The summed E-state index contributed by atoms with van der Waals surface area (Å²) in [5, 5.41) is 10.4. The quantitative estimate of drug-likeness (QED) is 0.796. The lowest BCUT2D eigenvalue weighted by Crippen LogP contribution is -2.00. The Hall–Kier alpha value is -2.33. The van der Waals surface area contributed by atoms with Crippen LogP contribution in [0.4, 0.5) is 0 Å². The third kappa shape index (κ3) is 2.50. The van der Waals surface area contributed by atoms with Gasteiger partial charge in [0.2, 0.25) is 0 Å². The maximum atomic E-state index is 9.44. The van der Waals surface area contributed by atoms with E-state index >= 15 is 0 Å². The molecule has 2 heterocycles. The number of benzene rings is 1. The summed E-state index contributed by atoms with van der Waals surface area (Å²) < 4.78 is 11.2. The van der Waals surface area contributed by atoms with Gasteiger partial charge in [-0.3, -0.25) is 4.98 Å². The van der Waals surface area contributed by atoms with Crippen LogP contribution >= 0.6 is 0 Å². The van der Waals surface area contributed by atoms with Crippen molar-refractivity contribution in [1.29, 1.82) is 0 Å². The number of ether oxygens (including phenoxy) is 1. The molecule has 1 atom stereocenters. The Morgan fingerprint density at radius 1 is 1.29 bits per heavy atom. The number of nitrogens with zero attached hydrogens (tertiary/aromatic N) is 1. The zero-order valence-corrected chi connectivity index (χ0v) is 12.0. The van der Waals surface area contributed by atoms with Crippen LogP contribution in [0, 0.1) is 0 Å². The highest BCUT2D eigenvalue weighted by atomic mass is 16.5. The largest absolute Gasteiger partial charge is 0.497 e. The van der Waals surface area contributed by atoms with Crippen molar-refractivity contribution in [1.82, 2.24) is 4.98 Å². The van der Waals surface area contributed by atoms with Crippen LogP contribution in [0.3, 0.4) is 0 Å². The zero-order valence-electron chi connectivity index (χ0n) is 12.0. The first-order valence-corrected chi connectivity index (χ1v) is 6.84. The summed E-state index contributed by atoms with van der Waals surface area (Å²) in [5.74, 6) is 1.72. The van der Waals surface area contributed by atoms with Gasteiger partial charge in [-0.25, -0.2) is 0 Å². The molecule has 0 aliphatic heterocycles. The van der Waals surface area contributed by atoms with Gasteiger partial charge in [-0.2, -0.15) is 0 Å². The highest BCUT2D eigenvalue weighted by molar-refractivity contribution is 5.79. The molecule has 0 bridgehead atoms. The van der Waals surface area contributed by atoms with Crippen LogP contribution in [0.25, 0.3) is 11.0 Å². The van der Waals surface area contributed by atoms with E-state index in [-0.39, 0.29) is 12.5 Å². The van der Waals surface area contributed by atoms with Gasteiger partial charge in [0, 0.05) is 23.7 Å². The molecule has 108 valence electrons. The molecule has 0 radical (unpaired) electrons. The minimum absolute atomic E-state index is 0.0262. The molecule has 0 saturated carbocycles. The van der Waals surface area contributed by atoms with Crippen molar-refractivity contribution in [3.8, 4) is 5.75 Å². The molecule has 0 spiro atoms. The fraction of sp³-hybridized carbons (Fsp3) is 0.235. The van der Waals surface area contributed by atoms with Gasteiger partial charge in [-0.15, -0.1) is 0 Å². The second-order valence-corrected chi connectivity index (χ2v) is 5.01. The number of methoxy groups -OCH3 is 1. The molecule has 0 amide bonds. The summed E-state index contributed by atoms with van der Waals surface area (Å²) in [6, 6.07) is 9.68. The van der Waals surface area contributed by atoms with Crippen LogP contribution in [0.1, 0.15) is 29.7 Å². The maximum absolute atomic E-state index is 9.44. The lowest BCUT2D eigenvalue weighted by atomic mass is 9.95. The highest BCUT2D eigenvalue weighted by Gasteiger charge is 2.17. The van der Waals surface area contributed by atoms with E-state index in [2.05, 4.69) is 11.9 Å². The predicted molar refractivity (Wildman–Crippen MR) is 80.4 cm³/mol. The van der Waals surface area contributed by atoms with Crippen LogP contribution in [0.5, 0.6) is 5.75 Å². The fourth-order valence-corrected chi connectivity index (χ4v) is 2.53. The molecule has 21 heavy (non-hydrogen) atoms. The Kier molecular flexibility index (Phi) is 3.62. The topological polar surface area (TPSA) is 55.5 Å². The first-order chi connectivity index (χ1) is 10.2. The molecular formula is C17H17NO3. The number of furan rings is 1. The molecule has 0 aliphatic rings. The lowest BCUT2D eigenvalue weighted by molar-refractivity contribution is 0.279. The van der Waals surface area contributed by atoms with E-state index in [1.54, 1.807) is 19.5 Å². The number of aromatic nitrogens is 1. The van der Waals surface area contributed by atoms with E-state index in [9.17, 15) is 5.11 Å². The third-order valence-electron chi connectivity index (χ3n) is 3.75. The van der Waals surface area contributed by atoms with Gasteiger partial charge >= 0.3 is 0 Å². The number of aliphatic hydroxyl groups excluding tert-OH is 1. The van der Waals surface area contributed by atoms with E-state index in [0.29, 0.717) is 0 Å². The molecule has 1 N–H and O–H groups in total. The molecule has 3 rings (SSSR count). The van der Waals surface area contributed by atoms with Crippen molar-refractivity contribution in [3.63, 3.8) is 0 Å². The first kappa shape index (κ1) is 13.6. The van der Waals surface area contributed by atoms with Crippen molar-refractivity contribution in [2.24, 2.45) is 0 Å². The number of pyridine rings is 1. The van der Waals surface area contributed by atoms with Crippen molar-refractivity contribution >= 4 is 11.0 Å². The Bertz CT molecular complexity index is 764. The molecule has 3 aromatic rings. The molecule has 2 aromatic heterocycles. The van der Waals surface area contributed by atoms with Crippen LogP contribution in [-0.4, -0.2) is 17.2 Å². The Balaban J connectivity index is 2.03. The summed E-state index contributed by atoms with van der Waals surface area (Å²) in [7, 11) is 1.65. The standard InChI is InChI=1S/C17H17NO3/c1-11(15-5-6-18-9-13(15)10-19)17-8-12-7-14(20-2)3-4-16(12)21-17/h3-9,11,19H,10H2,1-2H3. The van der Waals surface area contributed by atoms with Gasteiger partial charge in [-0.1, -0.05) is 6.92 Å². The summed E-state index contributed by atoms with van der Waals surface area (Å²) in [6.07, 6.45) is 3.42. The molecule has 0 saturated heterocycles. The van der Waals surface area contributed by atoms with Gasteiger partial charge in [0.1, 0.15) is 17.1 Å². The van der Waals surface area contributed by atoms with Crippen LogP contribution in [0.15, 0.2) is 47.1 Å². The maximum Gasteiger partial charge on any atom is 0.134 e. The number of hydrogen-bond acceptors (Lipinski definition) is 4. The van der Waals surface area contributed by atoms with Crippen molar-refractivity contribution in [2.75, 3.05) is 7.11 Å². The summed E-state index contributed by atoms with van der Waals surface area (Å²) in [6.45, 7) is 2.03. The van der Waals surface area contributed by atoms with Gasteiger partial charge in [0.15, 0.2) is 0 Å². The Morgan fingerprint density at radius 3 is 2.90 bits per heavy atom. The average molecular weight is 283 g/mol. The third-order valence-corrected chi connectivity index (χ3v) is 3.75. The predicted octanol–water partition coefficient (Wildman–Crippen LogP) is 3.48. The number of fused-ring (bicyclic) bond motifs is 1. The second-order valence-electron chi connectivity index (χ2n) is 5.01. The van der Waals surface area contributed by atoms with E-state index in [1.165, 1.54) is 0 Å². The van der Waals surface area contributed by atoms with Crippen LogP contribution in [0.2, 0.25) is 0 Å². The normalized spacial score (nSPS) is 12.5. The van der Waals surface area contributed by atoms with Gasteiger partial charge in [0.25, 0.3) is 0 Å². The lowest BCUT2D eigenvalue weighted by Gasteiger charge is -2.12. The van der Waals surface area contributed by atoms with E-state index < -0.39 is 0 Å². The summed E-state index contributed by atoms with van der Waals surface area (Å²) in [5.41, 5.74) is 2.68. The second kappa shape index (κ2) is 5.58. The molecule has 1 unspecified atom stereocenters. The molecule has 4 heteroatoms. The smallest absolute Gasteiger partial charge is 0.134 e. The molecule has 0 aliphatic carbocycles. The van der Waals surface area contributed by atoms with E-state index in [1.807, 2.05) is 30.3 Å². The first-order valence-electron chi connectivity index (χ1n) is 6.84. The summed E-state index contributed by atoms with van der Waals surface area (Å²) >= 11 is 0.